The maximum atomic E-state index is 12.7. The number of thiazole rings is 1. The minimum absolute atomic E-state index is 0.0916. The molecule has 154 valence electrons. The molecule has 1 aliphatic heterocycles. The van der Waals surface area contributed by atoms with Crippen molar-refractivity contribution < 1.29 is 13.2 Å². The third-order valence-corrected chi connectivity index (χ3v) is 7.01. The molecule has 0 spiro atoms. The Morgan fingerprint density at radius 1 is 1.23 bits per heavy atom. The molecule has 0 bridgehead atoms. The second-order valence-corrected chi connectivity index (χ2v) is 9.69. The van der Waals surface area contributed by atoms with Gasteiger partial charge in [0.1, 0.15) is 18.4 Å². The van der Waals surface area contributed by atoms with E-state index in [4.69, 9.17) is 4.74 Å². The average Bonchev–Trinajstić information content (AvgIpc) is 3.24. The Labute approximate surface area is 179 Å². The van der Waals surface area contributed by atoms with Crippen LogP contribution in [0.1, 0.15) is 30.9 Å². The highest BCUT2D eigenvalue weighted by Crippen LogP contribution is 2.40. The summed E-state index contributed by atoms with van der Waals surface area (Å²) in [5, 5.41) is 11.7. The standard InChI is InChI=1S/C21H20N4O3S2/c1-14(2)15-3-5-18(16(11-15)13-22)25-8-9-28-20-12-17(4-6-19(20)25)30(26,27)24-21-23-7-10-29-21/h3-7,10-12,14H,8-9H2,1-2H3,(H,23,24). The molecule has 0 atom stereocenters. The van der Waals surface area contributed by atoms with Gasteiger partial charge in [0.2, 0.25) is 0 Å². The minimum Gasteiger partial charge on any atom is -0.489 e. The second-order valence-electron chi connectivity index (χ2n) is 7.12. The molecule has 0 aliphatic carbocycles. The van der Waals surface area contributed by atoms with Crippen LogP contribution < -0.4 is 14.4 Å². The predicted molar refractivity (Wildman–Crippen MR) is 117 cm³/mol. The first-order valence-electron chi connectivity index (χ1n) is 9.40. The fourth-order valence-corrected chi connectivity index (χ4v) is 5.11. The fraction of sp³-hybridized carbons (Fsp3) is 0.238. The van der Waals surface area contributed by atoms with Crippen LogP contribution in [0, 0.1) is 11.3 Å². The lowest BCUT2D eigenvalue weighted by atomic mass is 9.99. The Bertz CT molecular complexity index is 1220. The van der Waals surface area contributed by atoms with Crippen molar-refractivity contribution >= 4 is 37.9 Å². The molecule has 7 nitrogen and oxygen atoms in total. The van der Waals surface area contributed by atoms with Crippen molar-refractivity contribution in [3.8, 4) is 11.8 Å². The molecule has 9 heteroatoms. The maximum Gasteiger partial charge on any atom is 0.263 e. The minimum atomic E-state index is -3.78. The van der Waals surface area contributed by atoms with Gasteiger partial charge in [-0.25, -0.2) is 13.4 Å². The van der Waals surface area contributed by atoms with Crippen molar-refractivity contribution in [3.05, 3.63) is 59.1 Å². The van der Waals surface area contributed by atoms with Crippen LogP contribution >= 0.6 is 11.3 Å². The fourth-order valence-electron chi connectivity index (χ4n) is 3.30. The molecular weight excluding hydrogens is 420 g/mol. The first-order chi connectivity index (χ1) is 14.4. The van der Waals surface area contributed by atoms with Crippen molar-refractivity contribution in [2.24, 2.45) is 0 Å². The summed E-state index contributed by atoms with van der Waals surface area (Å²) in [6, 6.07) is 12.9. The zero-order valence-corrected chi connectivity index (χ0v) is 18.1. The number of aromatic nitrogens is 1. The maximum absolute atomic E-state index is 12.7. The quantitative estimate of drug-likeness (QED) is 0.629. The van der Waals surface area contributed by atoms with E-state index in [1.54, 1.807) is 11.4 Å². The topological polar surface area (TPSA) is 95.3 Å². The normalized spacial score (nSPS) is 13.5. The Kier molecular flexibility index (Phi) is 5.37. The van der Waals surface area contributed by atoms with Gasteiger partial charge in [-0.1, -0.05) is 19.9 Å². The number of rotatable bonds is 5. The average molecular weight is 441 g/mol. The van der Waals surface area contributed by atoms with Crippen LogP contribution in [0.25, 0.3) is 0 Å². The summed E-state index contributed by atoms with van der Waals surface area (Å²) in [5.41, 5.74) is 3.18. The van der Waals surface area contributed by atoms with Gasteiger partial charge < -0.3 is 9.64 Å². The number of hydrogen-bond acceptors (Lipinski definition) is 7. The largest absolute Gasteiger partial charge is 0.489 e. The number of nitrogens with zero attached hydrogens (tertiary/aromatic N) is 3. The van der Waals surface area contributed by atoms with E-state index in [9.17, 15) is 13.7 Å². The summed E-state index contributed by atoms with van der Waals surface area (Å²) in [5.74, 6) is 0.779. The van der Waals surface area contributed by atoms with Gasteiger partial charge in [-0.15, -0.1) is 11.3 Å². The smallest absolute Gasteiger partial charge is 0.263 e. The van der Waals surface area contributed by atoms with E-state index in [1.165, 1.54) is 29.7 Å². The van der Waals surface area contributed by atoms with Crippen molar-refractivity contribution in [2.75, 3.05) is 22.8 Å². The molecule has 2 heterocycles. The number of nitrogens with one attached hydrogen (secondary N) is 1. The lowest BCUT2D eigenvalue weighted by Gasteiger charge is -2.32. The van der Waals surface area contributed by atoms with Crippen LogP contribution in [0.15, 0.2) is 52.9 Å². The van der Waals surface area contributed by atoms with Gasteiger partial charge in [0, 0.05) is 17.6 Å². The SMILES string of the molecule is CC(C)c1ccc(N2CCOc3cc(S(=O)(=O)Nc4nccs4)ccc32)c(C#N)c1. The molecule has 1 aliphatic rings. The molecule has 0 unspecified atom stereocenters. The molecule has 0 radical (unpaired) electrons. The van der Waals surface area contributed by atoms with Crippen LogP contribution in [0.2, 0.25) is 0 Å². The summed E-state index contributed by atoms with van der Waals surface area (Å²) >= 11 is 1.21. The third kappa shape index (κ3) is 3.84. The lowest BCUT2D eigenvalue weighted by molar-refractivity contribution is 0.313. The van der Waals surface area contributed by atoms with Gasteiger partial charge in [-0.05, 0) is 35.7 Å². The number of ether oxygens (including phenoxy) is 1. The highest BCUT2D eigenvalue weighted by molar-refractivity contribution is 7.93. The molecule has 0 amide bonds. The van der Waals surface area contributed by atoms with E-state index in [1.807, 2.05) is 23.1 Å². The van der Waals surface area contributed by atoms with Gasteiger partial charge in [0.05, 0.1) is 28.4 Å². The number of fused-ring (bicyclic) bond motifs is 1. The number of benzene rings is 2. The molecule has 2 aromatic carbocycles. The predicted octanol–water partition coefficient (Wildman–Crippen LogP) is 4.47. The van der Waals surface area contributed by atoms with E-state index < -0.39 is 10.0 Å². The highest BCUT2D eigenvalue weighted by Gasteiger charge is 2.25. The van der Waals surface area contributed by atoms with Crippen LogP contribution in [0.5, 0.6) is 5.75 Å². The number of sulfonamides is 1. The van der Waals surface area contributed by atoms with Crippen molar-refractivity contribution in [1.82, 2.24) is 4.98 Å². The number of anilines is 3. The number of nitriles is 1. The Morgan fingerprint density at radius 2 is 2.03 bits per heavy atom. The van der Waals surface area contributed by atoms with Crippen LogP contribution in [0.4, 0.5) is 16.5 Å². The van der Waals surface area contributed by atoms with Crippen LogP contribution in [-0.2, 0) is 10.0 Å². The van der Waals surface area contributed by atoms with Gasteiger partial charge in [-0.2, -0.15) is 5.26 Å². The molecule has 0 fully saturated rings. The Hall–Kier alpha value is -3.09. The summed E-state index contributed by atoms with van der Waals surface area (Å²) in [6.07, 6.45) is 1.54. The molecular formula is C21H20N4O3S2. The Morgan fingerprint density at radius 3 is 2.73 bits per heavy atom. The van der Waals surface area contributed by atoms with Crippen molar-refractivity contribution in [2.45, 2.75) is 24.7 Å². The zero-order chi connectivity index (χ0) is 21.3. The molecule has 0 saturated heterocycles. The van der Waals surface area contributed by atoms with E-state index in [2.05, 4.69) is 29.6 Å². The summed E-state index contributed by atoms with van der Waals surface area (Å²) in [6.45, 7) is 5.11. The van der Waals surface area contributed by atoms with E-state index >= 15 is 0 Å². The first kappa shape index (κ1) is 20.2. The molecule has 4 rings (SSSR count). The summed E-state index contributed by atoms with van der Waals surface area (Å²) in [7, 11) is -3.78. The monoisotopic (exact) mass is 440 g/mol. The number of hydrogen-bond donors (Lipinski definition) is 1. The van der Waals surface area contributed by atoms with E-state index in [0.29, 0.717) is 35.5 Å². The first-order valence-corrected chi connectivity index (χ1v) is 11.8. The molecule has 1 N–H and O–H groups in total. The van der Waals surface area contributed by atoms with Crippen LogP contribution in [0.3, 0.4) is 0 Å². The van der Waals surface area contributed by atoms with Gasteiger partial charge in [-0.3, -0.25) is 4.72 Å². The molecule has 0 saturated carbocycles. The van der Waals surface area contributed by atoms with Gasteiger partial charge >= 0.3 is 0 Å². The van der Waals surface area contributed by atoms with Gasteiger partial charge in [0.15, 0.2) is 5.13 Å². The second kappa shape index (κ2) is 7.97. The molecule has 3 aromatic rings. The summed E-state index contributed by atoms with van der Waals surface area (Å²) < 4.78 is 33.6. The Balaban J connectivity index is 1.70. The van der Waals surface area contributed by atoms with E-state index in [0.717, 1.165) is 16.9 Å². The van der Waals surface area contributed by atoms with Crippen molar-refractivity contribution in [1.29, 1.82) is 5.26 Å². The highest BCUT2D eigenvalue weighted by atomic mass is 32.2. The van der Waals surface area contributed by atoms with Crippen LogP contribution in [-0.4, -0.2) is 26.6 Å². The lowest BCUT2D eigenvalue weighted by Crippen LogP contribution is -2.29. The van der Waals surface area contributed by atoms with Gasteiger partial charge in [0.25, 0.3) is 10.0 Å². The molecule has 30 heavy (non-hydrogen) atoms. The molecule has 1 aromatic heterocycles. The van der Waals surface area contributed by atoms with Crippen molar-refractivity contribution in [3.63, 3.8) is 0 Å². The summed E-state index contributed by atoms with van der Waals surface area (Å²) in [4.78, 5) is 6.05. The van der Waals surface area contributed by atoms with E-state index in [-0.39, 0.29) is 4.90 Å². The zero-order valence-electron chi connectivity index (χ0n) is 16.5. The third-order valence-electron chi connectivity index (χ3n) is 4.86.